The zero-order chi connectivity index (χ0) is 16.2. The Morgan fingerprint density at radius 1 is 0.957 bits per heavy atom. The van der Waals surface area contributed by atoms with E-state index >= 15 is 0 Å². The standard InChI is InChI=1S/C19H15FN2O/c20-15-9-5-4-8-14(15)17-10-11-18(22-17)16(21)12-19(23)13-6-2-1-3-7-13/h1-12,22H,21H2/b16-12-. The number of benzene rings is 2. The van der Waals surface area contributed by atoms with Gasteiger partial charge in [-0.25, -0.2) is 4.39 Å². The molecule has 0 spiro atoms. The van der Waals surface area contributed by atoms with E-state index in [2.05, 4.69) is 4.98 Å². The molecular weight excluding hydrogens is 291 g/mol. The summed E-state index contributed by atoms with van der Waals surface area (Å²) < 4.78 is 13.8. The second-order valence-electron chi connectivity index (χ2n) is 5.10. The lowest BCUT2D eigenvalue weighted by Gasteiger charge is -2.01. The van der Waals surface area contributed by atoms with Crippen LogP contribution in [0.4, 0.5) is 4.39 Å². The van der Waals surface area contributed by atoms with Gasteiger partial charge in [0.1, 0.15) is 5.82 Å². The summed E-state index contributed by atoms with van der Waals surface area (Å²) in [5.74, 6) is -0.492. The molecule has 0 amide bonds. The van der Waals surface area contributed by atoms with Gasteiger partial charge in [0.05, 0.1) is 11.4 Å². The molecule has 3 aromatic rings. The fraction of sp³-hybridized carbons (Fsp3) is 0. The molecule has 0 fully saturated rings. The summed E-state index contributed by atoms with van der Waals surface area (Å²) in [5, 5.41) is 0. The number of ketones is 1. The van der Waals surface area contributed by atoms with Gasteiger partial charge in [-0.1, -0.05) is 42.5 Å². The molecule has 23 heavy (non-hydrogen) atoms. The van der Waals surface area contributed by atoms with Crippen LogP contribution >= 0.6 is 0 Å². The fourth-order valence-corrected chi connectivity index (χ4v) is 2.30. The minimum atomic E-state index is -0.316. The molecule has 3 rings (SSSR count). The summed E-state index contributed by atoms with van der Waals surface area (Å²) in [5.41, 5.74) is 8.50. The first kappa shape index (κ1) is 14.8. The molecule has 0 saturated carbocycles. The third-order valence-electron chi connectivity index (χ3n) is 3.51. The Morgan fingerprint density at radius 2 is 1.65 bits per heavy atom. The third-order valence-corrected chi connectivity index (χ3v) is 3.51. The maximum absolute atomic E-state index is 13.8. The summed E-state index contributed by atoms with van der Waals surface area (Å²) in [6, 6.07) is 18.8. The summed E-state index contributed by atoms with van der Waals surface area (Å²) in [7, 11) is 0. The van der Waals surface area contributed by atoms with Crippen molar-refractivity contribution in [1.29, 1.82) is 0 Å². The number of allylic oxidation sites excluding steroid dienone is 1. The Morgan fingerprint density at radius 3 is 2.39 bits per heavy atom. The first-order chi connectivity index (χ1) is 11.1. The van der Waals surface area contributed by atoms with E-state index in [1.165, 1.54) is 12.1 Å². The molecule has 0 aliphatic carbocycles. The number of halogens is 1. The molecule has 114 valence electrons. The van der Waals surface area contributed by atoms with Crippen molar-refractivity contribution in [3.63, 3.8) is 0 Å². The van der Waals surface area contributed by atoms with Gasteiger partial charge < -0.3 is 10.7 Å². The Labute approximate surface area is 133 Å². The highest BCUT2D eigenvalue weighted by Crippen LogP contribution is 2.23. The number of carbonyl (C=O) groups is 1. The Kier molecular flexibility index (Phi) is 4.06. The van der Waals surface area contributed by atoms with E-state index in [-0.39, 0.29) is 11.6 Å². The minimum absolute atomic E-state index is 0.176. The number of rotatable bonds is 4. The van der Waals surface area contributed by atoms with Crippen LogP contribution in [0.25, 0.3) is 17.0 Å². The van der Waals surface area contributed by atoms with Crippen LogP contribution in [-0.2, 0) is 0 Å². The van der Waals surface area contributed by atoms with Gasteiger partial charge in [0, 0.05) is 22.9 Å². The predicted octanol–water partition coefficient (Wildman–Crippen LogP) is 4.00. The average molecular weight is 306 g/mol. The van der Waals surface area contributed by atoms with E-state index in [0.29, 0.717) is 28.2 Å². The monoisotopic (exact) mass is 306 g/mol. The molecule has 2 aromatic carbocycles. The molecule has 0 radical (unpaired) electrons. The summed E-state index contributed by atoms with van der Waals surface area (Å²) in [6.45, 7) is 0. The van der Waals surface area contributed by atoms with E-state index in [4.69, 9.17) is 5.73 Å². The van der Waals surface area contributed by atoms with Crippen molar-refractivity contribution < 1.29 is 9.18 Å². The van der Waals surface area contributed by atoms with Crippen LogP contribution in [0.3, 0.4) is 0 Å². The van der Waals surface area contributed by atoms with Crippen LogP contribution in [-0.4, -0.2) is 10.8 Å². The fourth-order valence-electron chi connectivity index (χ4n) is 2.30. The van der Waals surface area contributed by atoms with Crippen LogP contribution in [0.15, 0.2) is 72.8 Å². The van der Waals surface area contributed by atoms with Crippen molar-refractivity contribution in [2.45, 2.75) is 0 Å². The Bertz CT molecular complexity index is 866. The maximum Gasteiger partial charge on any atom is 0.187 e. The molecule has 3 N–H and O–H groups in total. The SMILES string of the molecule is N/C(=C\C(=O)c1ccccc1)c1ccc(-c2ccccc2F)[nH]1. The van der Waals surface area contributed by atoms with Crippen molar-refractivity contribution in [2.75, 3.05) is 0 Å². The van der Waals surface area contributed by atoms with Crippen molar-refractivity contribution in [3.05, 3.63) is 89.9 Å². The number of carbonyl (C=O) groups excluding carboxylic acids is 1. The van der Waals surface area contributed by atoms with Crippen LogP contribution in [0.5, 0.6) is 0 Å². The third kappa shape index (κ3) is 3.21. The van der Waals surface area contributed by atoms with E-state index in [1.807, 2.05) is 6.07 Å². The molecule has 0 atom stereocenters. The normalized spacial score (nSPS) is 11.4. The summed E-state index contributed by atoms with van der Waals surface area (Å²) >= 11 is 0. The minimum Gasteiger partial charge on any atom is -0.397 e. The number of hydrogen-bond donors (Lipinski definition) is 2. The molecule has 1 aromatic heterocycles. The highest BCUT2D eigenvalue weighted by atomic mass is 19.1. The van der Waals surface area contributed by atoms with Gasteiger partial charge in [0.25, 0.3) is 0 Å². The second-order valence-corrected chi connectivity index (χ2v) is 5.10. The molecule has 0 saturated heterocycles. The highest BCUT2D eigenvalue weighted by Gasteiger charge is 2.09. The number of aromatic amines is 1. The van der Waals surface area contributed by atoms with E-state index in [1.54, 1.807) is 54.6 Å². The van der Waals surface area contributed by atoms with Crippen molar-refractivity contribution in [1.82, 2.24) is 4.98 Å². The Balaban J connectivity index is 1.87. The van der Waals surface area contributed by atoms with Gasteiger partial charge in [0.2, 0.25) is 0 Å². The summed E-state index contributed by atoms with van der Waals surface area (Å²) in [6.07, 6.45) is 1.37. The number of hydrogen-bond acceptors (Lipinski definition) is 2. The zero-order valence-electron chi connectivity index (χ0n) is 12.3. The van der Waals surface area contributed by atoms with Crippen molar-refractivity contribution >= 4 is 11.5 Å². The lowest BCUT2D eigenvalue weighted by atomic mass is 10.1. The largest absolute Gasteiger partial charge is 0.397 e. The number of nitrogens with two attached hydrogens (primary N) is 1. The molecule has 1 heterocycles. The van der Waals surface area contributed by atoms with E-state index < -0.39 is 0 Å². The molecule has 0 bridgehead atoms. The van der Waals surface area contributed by atoms with Crippen LogP contribution < -0.4 is 5.73 Å². The second kappa shape index (κ2) is 6.32. The van der Waals surface area contributed by atoms with E-state index in [0.717, 1.165) is 0 Å². The van der Waals surface area contributed by atoms with Gasteiger partial charge in [0.15, 0.2) is 5.78 Å². The zero-order valence-corrected chi connectivity index (χ0v) is 12.3. The van der Waals surface area contributed by atoms with Crippen LogP contribution in [0.2, 0.25) is 0 Å². The van der Waals surface area contributed by atoms with Crippen LogP contribution in [0.1, 0.15) is 16.1 Å². The first-order valence-corrected chi connectivity index (χ1v) is 7.16. The predicted molar refractivity (Wildman–Crippen MR) is 89.1 cm³/mol. The van der Waals surface area contributed by atoms with Gasteiger partial charge in [-0.2, -0.15) is 0 Å². The number of aromatic nitrogens is 1. The molecule has 0 aliphatic heterocycles. The van der Waals surface area contributed by atoms with Gasteiger partial charge in [-0.3, -0.25) is 4.79 Å². The molecule has 0 unspecified atom stereocenters. The lowest BCUT2D eigenvalue weighted by molar-refractivity contribution is 0.104. The molecular formula is C19H15FN2O. The van der Waals surface area contributed by atoms with Gasteiger partial charge >= 0.3 is 0 Å². The number of H-pyrrole nitrogens is 1. The highest BCUT2D eigenvalue weighted by molar-refractivity contribution is 6.08. The van der Waals surface area contributed by atoms with Crippen LogP contribution in [0, 0.1) is 5.82 Å². The number of nitrogens with one attached hydrogen (secondary N) is 1. The van der Waals surface area contributed by atoms with Crippen molar-refractivity contribution in [2.24, 2.45) is 5.73 Å². The molecule has 4 heteroatoms. The summed E-state index contributed by atoms with van der Waals surface area (Å²) in [4.78, 5) is 15.2. The Hall–Kier alpha value is -3.14. The molecule has 3 nitrogen and oxygen atoms in total. The smallest absolute Gasteiger partial charge is 0.187 e. The van der Waals surface area contributed by atoms with Gasteiger partial charge in [-0.15, -0.1) is 0 Å². The maximum atomic E-state index is 13.8. The lowest BCUT2D eigenvalue weighted by Crippen LogP contribution is -2.02. The first-order valence-electron chi connectivity index (χ1n) is 7.16. The quantitative estimate of drug-likeness (QED) is 0.565. The topological polar surface area (TPSA) is 58.9 Å². The van der Waals surface area contributed by atoms with Crippen molar-refractivity contribution in [3.8, 4) is 11.3 Å². The van der Waals surface area contributed by atoms with Gasteiger partial charge in [-0.05, 0) is 24.3 Å². The molecule has 0 aliphatic rings. The van der Waals surface area contributed by atoms with E-state index in [9.17, 15) is 9.18 Å². The average Bonchev–Trinajstić information content (AvgIpc) is 3.06.